The second-order valence-corrected chi connectivity index (χ2v) is 4.31. The molecule has 4 heteroatoms. The van der Waals surface area contributed by atoms with Gasteiger partial charge in [0.15, 0.2) is 0 Å². The highest BCUT2D eigenvalue weighted by Gasteiger charge is 1.99. The second kappa shape index (κ2) is 6.52. The van der Waals surface area contributed by atoms with E-state index in [1.165, 1.54) is 6.08 Å². The predicted octanol–water partition coefficient (Wildman–Crippen LogP) is 3.05. The molecule has 1 aromatic heterocycles. The standard InChI is InChI=1S/C16H16N2O2/c1-12-9-10-17-15(11-12)18-16(19)8-5-13-3-6-14(20-2)7-4-13/h3-11H,1-2H3,(H,17,18,19). The molecule has 0 fully saturated rings. The highest BCUT2D eigenvalue weighted by Crippen LogP contribution is 2.12. The number of hydrogen-bond donors (Lipinski definition) is 1. The number of hydrogen-bond acceptors (Lipinski definition) is 3. The van der Waals surface area contributed by atoms with Crippen LogP contribution in [0.2, 0.25) is 0 Å². The molecule has 20 heavy (non-hydrogen) atoms. The second-order valence-electron chi connectivity index (χ2n) is 4.31. The van der Waals surface area contributed by atoms with E-state index in [9.17, 15) is 4.79 Å². The number of amides is 1. The average Bonchev–Trinajstić information content (AvgIpc) is 2.46. The smallest absolute Gasteiger partial charge is 0.249 e. The minimum absolute atomic E-state index is 0.209. The summed E-state index contributed by atoms with van der Waals surface area (Å²) < 4.78 is 5.07. The van der Waals surface area contributed by atoms with Crippen LogP contribution in [0.4, 0.5) is 5.82 Å². The van der Waals surface area contributed by atoms with Gasteiger partial charge in [-0.2, -0.15) is 0 Å². The molecule has 2 aromatic rings. The third-order valence-electron chi connectivity index (χ3n) is 2.71. The highest BCUT2D eigenvalue weighted by atomic mass is 16.5. The van der Waals surface area contributed by atoms with E-state index in [2.05, 4.69) is 10.3 Å². The van der Waals surface area contributed by atoms with Crippen molar-refractivity contribution in [2.45, 2.75) is 6.92 Å². The molecule has 0 bridgehead atoms. The lowest BCUT2D eigenvalue weighted by atomic mass is 10.2. The Hall–Kier alpha value is -2.62. The molecule has 0 radical (unpaired) electrons. The fourth-order valence-corrected chi connectivity index (χ4v) is 1.66. The van der Waals surface area contributed by atoms with Gasteiger partial charge in [0, 0.05) is 12.3 Å². The van der Waals surface area contributed by atoms with Crippen molar-refractivity contribution in [1.29, 1.82) is 0 Å². The van der Waals surface area contributed by atoms with Gasteiger partial charge in [-0.15, -0.1) is 0 Å². The summed E-state index contributed by atoms with van der Waals surface area (Å²) in [5.74, 6) is 1.13. The lowest BCUT2D eigenvalue weighted by Crippen LogP contribution is -2.09. The summed E-state index contributed by atoms with van der Waals surface area (Å²) >= 11 is 0. The molecule has 1 amide bonds. The van der Waals surface area contributed by atoms with Crippen LogP contribution in [0.15, 0.2) is 48.7 Å². The van der Waals surface area contributed by atoms with Gasteiger partial charge in [0.25, 0.3) is 0 Å². The summed E-state index contributed by atoms with van der Waals surface area (Å²) in [6.45, 7) is 1.95. The molecular weight excluding hydrogens is 252 g/mol. The average molecular weight is 268 g/mol. The first kappa shape index (κ1) is 13.8. The molecule has 0 spiro atoms. The van der Waals surface area contributed by atoms with Gasteiger partial charge >= 0.3 is 0 Å². The van der Waals surface area contributed by atoms with E-state index in [1.807, 2.05) is 43.3 Å². The Balaban J connectivity index is 1.98. The van der Waals surface area contributed by atoms with Crippen LogP contribution in [-0.4, -0.2) is 18.0 Å². The van der Waals surface area contributed by atoms with Crippen molar-refractivity contribution in [3.05, 3.63) is 59.8 Å². The summed E-state index contributed by atoms with van der Waals surface area (Å²) in [6, 6.07) is 11.2. The van der Waals surface area contributed by atoms with Gasteiger partial charge in [0.2, 0.25) is 5.91 Å². The zero-order valence-corrected chi connectivity index (χ0v) is 11.5. The number of nitrogens with zero attached hydrogens (tertiary/aromatic N) is 1. The van der Waals surface area contributed by atoms with Gasteiger partial charge in [-0.05, 0) is 48.4 Å². The number of benzene rings is 1. The molecule has 0 unspecified atom stereocenters. The molecule has 0 atom stereocenters. The Kier molecular flexibility index (Phi) is 4.50. The van der Waals surface area contributed by atoms with E-state index < -0.39 is 0 Å². The molecule has 1 heterocycles. The highest BCUT2D eigenvalue weighted by molar-refractivity contribution is 6.01. The molecule has 0 aliphatic rings. The van der Waals surface area contributed by atoms with Crippen molar-refractivity contribution in [1.82, 2.24) is 4.98 Å². The van der Waals surface area contributed by atoms with Crippen LogP contribution >= 0.6 is 0 Å². The Morgan fingerprint density at radius 1 is 1.25 bits per heavy atom. The first-order chi connectivity index (χ1) is 9.67. The Morgan fingerprint density at radius 3 is 2.65 bits per heavy atom. The van der Waals surface area contributed by atoms with Gasteiger partial charge in [-0.3, -0.25) is 4.79 Å². The van der Waals surface area contributed by atoms with Crippen LogP contribution in [0.3, 0.4) is 0 Å². The molecule has 0 aliphatic heterocycles. The molecule has 0 saturated carbocycles. The number of carbonyl (C=O) groups excluding carboxylic acids is 1. The summed E-state index contributed by atoms with van der Waals surface area (Å²) in [7, 11) is 1.62. The maximum atomic E-state index is 11.8. The van der Waals surface area contributed by atoms with Gasteiger partial charge < -0.3 is 10.1 Å². The van der Waals surface area contributed by atoms with Crippen molar-refractivity contribution in [2.75, 3.05) is 12.4 Å². The number of ether oxygens (including phenoxy) is 1. The predicted molar refractivity (Wildman–Crippen MR) is 79.6 cm³/mol. The topological polar surface area (TPSA) is 51.2 Å². The Bertz CT molecular complexity index is 619. The Morgan fingerprint density at radius 2 is 2.00 bits per heavy atom. The zero-order chi connectivity index (χ0) is 14.4. The number of rotatable bonds is 4. The molecule has 102 valence electrons. The summed E-state index contributed by atoms with van der Waals surface area (Å²) in [6.07, 6.45) is 4.88. The number of aryl methyl sites for hydroxylation is 1. The van der Waals surface area contributed by atoms with Crippen LogP contribution in [0, 0.1) is 6.92 Å². The van der Waals surface area contributed by atoms with Crippen LogP contribution in [-0.2, 0) is 4.79 Å². The third-order valence-corrected chi connectivity index (χ3v) is 2.71. The molecule has 2 rings (SSSR count). The summed E-state index contributed by atoms with van der Waals surface area (Å²) in [4.78, 5) is 15.8. The number of aromatic nitrogens is 1. The van der Waals surface area contributed by atoms with E-state index in [0.29, 0.717) is 5.82 Å². The van der Waals surface area contributed by atoms with Gasteiger partial charge in [0.1, 0.15) is 11.6 Å². The normalized spacial score (nSPS) is 10.5. The van der Waals surface area contributed by atoms with Crippen LogP contribution in [0.25, 0.3) is 6.08 Å². The minimum Gasteiger partial charge on any atom is -0.497 e. The number of anilines is 1. The van der Waals surface area contributed by atoms with Crippen molar-refractivity contribution in [2.24, 2.45) is 0 Å². The Labute approximate surface area is 118 Å². The van der Waals surface area contributed by atoms with E-state index in [0.717, 1.165) is 16.9 Å². The largest absolute Gasteiger partial charge is 0.497 e. The van der Waals surface area contributed by atoms with Gasteiger partial charge in [0.05, 0.1) is 7.11 Å². The lowest BCUT2D eigenvalue weighted by Gasteiger charge is -2.02. The van der Waals surface area contributed by atoms with E-state index in [4.69, 9.17) is 4.74 Å². The zero-order valence-electron chi connectivity index (χ0n) is 11.5. The molecule has 4 nitrogen and oxygen atoms in total. The number of carbonyl (C=O) groups is 1. The maximum absolute atomic E-state index is 11.8. The number of nitrogens with one attached hydrogen (secondary N) is 1. The fourth-order valence-electron chi connectivity index (χ4n) is 1.66. The molecular formula is C16H16N2O2. The monoisotopic (exact) mass is 268 g/mol. The minimum atomic E-state index is -0.209. The van der Waals surface area contributed by atoms with Crippen LogP contribution in [0.5, 0.6) is 5.75 Å². The van der Waals surface area contributed by atoms with E-state index in [1.54, 1.807) is 19.4 Å². The lowest BCUT2D eigenvalue weighted by molar-refractivity contribution is -0.111. The first-order valence-electron chi connectivity index (χ1n) is 6.23. The van der Waals surface area contributed by atoms with Crippen molar-refractivity contribution < 1.29 is 9.53 Å². The molecule has 0 aliphatic carbocycles. The molecule has 1 aromatic carbocycles. The third kappa shape index (κ3) is 3.95. The van der Waals surface area contributed by atoms with E-state index >= 15 is 0 Å². The van der Waals surface area contributed by atoms with Crippen molar-refractivity contribution in [3.8, 4) is 5.75 Å². The SMILES string of the molecule is COc1ccc(C=CC(=O)Nc2cc(C)ccn2)cc1. The quantitative estimate of drug-likeness (QED) is 0.867. The first-order valence-corrected chi connectivity index (χ1v) is 6.23. The van der Waals surface area contributed by atoms with Crippen molar-refractivity contribution in [3.63, 3.8) is 0 Å². The van der Waals surface area contributed by atoms with Crippen LogP contribution in [0.1, 0.15) is 11.1 Å². The number of pyridine rings is 1. The fraction of sp³-hybridized carbons (Fsp3) is 0.125. The number of methoxy groups -OCH3 is 1. The van der Waals surface area contributed by atoms with Gasteiger partial charge in [-0.1, -0.05) is 12.1 Å². The van der Waals surface area contributed by atoms with Crippen molar-refractivity contribution >= 4 is 17.8 Å². The van der Waals surface area contributed by atoms with Crippen LogP contribution < -0.4 is 10.1 Å². The summed E-state index contributed by atoms with van der Waals surface area (Å²) in [5.41, 5.74) is 1.98. The van der Waals surface area contributed by atoms with Gasteiger partial charge in [-0.25, -0.2) is 4.98 Å². The van der Waals surface area contributed by atoms with E-state index in [-0.39, 0.29) is 5.91 Å². The molecule has 1 N–H and O–H groups in total. The maximum Gasteiger partial charge on any atom is 0.249 e. The molecule has 0 saturated heterocycles. The summed E-state index contributed by atoms with van der Waals surface area (Å²) in [5, 5.41) is 2.71.